The van der Waals surface area contributed by atoms with Crippen molar-refractivity contribution in [2.75, 3.05) is 26.0 Å². The molecule has 1 aromatic carbocycles. The highest BCUT2D eigenvalue weighted by Crippen LogP contribution is 2.22. The molecule has 1 aliphatic carbocycles. The SMILES string of the molecule is C[N+](C)(C(=O)OC1=CC[CH]C=C1)c1cc(NCCc2ccccc2)ncn1. The molecule has 1 radical (unpaired) electrons. The summed E-state index contributed by atoms with van der Waals surface area (Å²) in [5.74, 6) is 1.80. The zero-order valence-corrected chi connectivity index (χ0v) is 15.6. The van der Waals surface area contributed by atoms with E-state index in [0.717, 1.165) is 19.4 Å². The molecule has 0 spiro atoms. The zero-order chi connectivity index (χ0) is 19.1. The van der Waals surface area contributed by atoms with E-state index in [0.29, 0.717) is 17.4 Å². The van der Waals surface area contributed by atoms with Gasteiger partial charge >= 0.3 is 6.09 Å². The van der Waals surface area contributed by atoms with Gasteiger partial charge in [-0.3, -0.25) is 0 Å². The number of rotatable bonds is 6. The van der Waals surface area contributed by atoms with E-state index >= 15 is 0 Å². The number of carbonyl (C=O) groups excluding carboxylic acids is 1. The summed E-state index contributed by atoms with van der Waals surface area (Å²) >= 11 is 0. The first-order chi connectivity index (χ1) is 13.1. The predicted octanol–water partition coefficient (Wildman–Crippen LogP) is 3.88. The van der Waals surface area contributed by atoms with Gasteiger partial charge in [0.05, 0.1) is 20.2 Å². The van der Waals surface area contributed by atoms with Crippen LogP contribution in [0.2, 0.25) is 0 Å². The van der Waals surface area contributed by atoms with Crippen LogP contribution in [0, 0.1) is 6.42 Å². The lowest BCUT2D eigenvalue weighted by atomic mass is 10.1. The first-order valence-electron chi connectivity index (χ1n) is 8.92. The minimum absolute atomic E-state index is 0.134. The van der Waals surface area contributed by atoms with Crippen molar-refractivity contribution in [2.45, 2.75) is 12.8 Å². The number of nitrogens with zero attached hydrogens (tertiary/aromatic N) is 3. The van der Waals surface area contributed by atoms with Crippen LogP contribution in [0.5, 0.6) is 0 Å². The Morgan fingerprint density at radius 1 is 1.22 bits per heavy atom. The van der Waals surface area contributed by atoms with Gasteiger partial charge in [0.2, 0.25) is 5.82 Å². The summed E-state index contributed by atoms with van der Waals surface area (Å²) in [6, 6.07) is 12.0. The number of allylic oxidation sites excluding steroid dienone is 3. The highest BCUT2D eigenvalue weighted by Gasteiger charge is 2.34. The van der Waals surface area contributed by atoms with Crippen molar-refractivity contribution >= 4 is 17.7 Å². The standard InChI is InChI=1S/C21H24N4O2/c1-25(2,21(26)27-18-11-7-4-8-12-18)20-15-19(23-16-24-20)22-14-13-17-9-5-3-6-10-17/h3-7,9-12,15-16H,8,13-14H2,1-2H3,(H,22,23,24)/q+1. The summed E-state index contributed by atoms with van der Waals surface area (Å²) in [6.07, 6.45) is 10.2. The number of aromatic nitrogens is 2. The van der Waals surface area contributed by atoms with Crippen LogP contribution in [-0.2, 0) is 11.2 Å². The van der Waals surface area contributed by atoms with Crippen molar-refractivity contribution in [3.63, 3.8) is 0 Å². The number of anilines is 1. The number of benzene rings is 1. The van der Waals surface area contributed by atoms with Gasteiger partial charge in [0.15, 0.2) is 0 Å². The van der Waals surface area contributed by atoms with E-state index in [1.807, 2.05) is 36.8 Å². The van der Waals surface area contributed by atoms with E-state index in [4.69, 9.17) is 4.74 Å². The van der Waals surface area contributed by atoms with Crippen LogP contribution in [0.3, 0.4) is 0 Å². The lowest BCUT2D eigenvalue weighted by Crippen LogP contribution is -2.47. The molecule has 0 saturated heterocycles. The summed E-state index contributed by atoms with van der Waals surface area (Å²) in [5, 5.41) is 3.29. The van der Waals surface area contributed by atoms with Crippen molar-refractivity contribution in [1.82, 2.24) is 14.5 Å². The molecule has 2 aromatic rings. The molecule has 0 fully saturated rings. The maximum absolute atomic E-state index is 12.6. The molecule has 0 atom stereocenters. The molecule has 1 aliphatic rings. The number of amides is 1. The average molecular weight is 364 g/mol. The molecule has 6 nitrogen and oxygen atoms in total. The highest BCUT2D eigenvalue weighted by atomic mass is 16.6. The minimum atomic E-state index is -0.401. The van der Waals surface area contributed by atoms with Crippen LogP contribution in [0.4, 0.5) is 16.4 Å². The molecular weight excluding hydrogens is 340 g/mol. The lowest BCUT2D eigenvalue weighted by Gasteiger charge is -2.24. The first kappa shape index (κ1) is 18.8. The number of carbonyl (C=O) groups is 1. The minimum Gasteiger partial charge on any atom is -0.381 e. The smallest absolute Gasteiger partial charge is 0.381 e. The summed E-state index contributed by atoms with van der Waals surface area (Å²) in [7, 11) is 3.50. The van der Waals surface area contributed by atoms with Crippen LogP contribution in [0.1, 0.15) is 12.0 Å². The third-order valence-corrected chi connectivity index (χ3v) is 4.30. The van der Waals surface area contributed by atoms with Crippen LogP contribution < -0.4 is 9.80 Å². The number of nitrogens with one attached hydrogen (secondary N) is 1. The zero-order valence-electron chi connectivity index (χ0n) is 15.6. The van der Waals surface area contributed by atoms with Crippen molar-refractivity contribution in [2.24, 2.45) is 0 Å². The van der Waals surface area contributed by atoms with Gasteiger partial charge < -0.3 is 10.1 Å². The fourth-order valence-electron chi connectivity index (χ4n) is 2.61. The van der Waals surface area contributed by atoms with Gasteiger partial charge in [-0.15, -0.1) is 0 Å². The van der Waals surface area contributed by atoms with Gasteiger partial charge in [0.1, 0.15) is 17.9 Å². The lowest BCUT2D eigenvalue weighted by molar-refractivity contribution is 0.149. The van der Waals surface area contributed by atoms with Crippen LogP contribution in [0.15, 0.2) is 66.7 Å². The van der Waals surface area contributed by atoms with Gasteiger partial charge in [0, 0.05) is 6.54 Å². The number of hydrogen-bond acceptors (Lipinski definition) is 5. The molecule has 0 unspecified atom stereocenters. The molecule has 0 aliphatic heterocycles. The van der Waals surface area contributed by atoms with Gasteiger partial charge in [-0.05, 0) is 37.0 Å². The van der Waals surface area contributed by atoms with Crippen LogP contribution >= 0.6 is 0 Å². The summed E-state index contributed by atoms with van der Waals surface area (Å²) in [4.78, 5) is 21.1. The third kappa shape index (κ3) is 5.01. The predicted molar refractivity (Wildman–Crippen MR) is 107 cm³/mol. The Bertz CT molecular complexity index is 844. The van der Waals surface area contributed by atoms with E-state index in [9.17, 15) is 4.79 Å². The fraction of sp³-hybridized carbons (Fsp3) is 0.238. The molecule has 3 rings (SSSR count). The van der Waals surface area contributed by atoms with Gasteiger partial charge in [-0.25, -0.2) is 4.98 Å². The van der Waals surface area contributed by atoms with E-state index in [-0.39, 0.29) is 4.48 Å². The van der Waals surface area contributed by atoms with Crippen molar-refractivity contribution in [1.29, 1.82) is 0 Å². The Kier molecular flexibility index (Phi) is 5.98. The second-order valence-corrected chi connectivity index (χ2v) is 6.68. The van der Waals surface area contributed by atoms with E-state index in [1.54, 1.807) is 26.2 Å². The average Bonchev–Trinajstić information content (AvgIpc) is 2.70. The molecule has 0 saturated carbocycles. The van der Waals surface area contributed by atoms with Gasteiger partial charge in [-0.2, -0.15) is 14.3 Å². The van der Waals surface area contributed by atoms with E-state index < -0.39 is 6.09 Å². The molecule has 1 heterocycles. The monoisotopic (exact) mass is 364 g/mol. The molecule has 27 heavy (non-hydrogen) atoms. The first-order valence-corrected chi connectivity index (χ1v) is 8.92. The Hall–Kier alpha value is -2.99. The molecule has 0 bridgehead atoms. The number of hydrogen-bond donors (Lipinski definition) is 1. The summed E-state index contributed by atoms with van der Waals surface area (Å²) in [5.41, 5.74) is 1.25. The van der Waals surface area contributed by atoms with Crippen LogP contribution in [-0.4, -0.2) is 36.7 Å². The molecule has 139 valence electrons. The number of quaternary nitrogens is 1. The topological polar surface area (TPSA) is 64.1 Å². The largest absolute Gasteiger partial charge is 0.527 e. The quantitative estimate of drug-likeness (QED) is 0.788. The molecule has 1 aromatic heterocycles. The Morgan fingerprint density at radius 2 is 2.04 bits per heavy atom. The third-order valence-electron chi connectivity index (χ3n) is 4.30. The second-order valence-electron chi connectivity index (χ2n) is 6.68. The molecule has 6 heteroatoms. The highest BCUT2D eigenvalue weighted by molar-refractivity contribution is 5.81. The van der Waals surface area contributed by atoms with E-state index in [1.165, 1.54) is 11.9 Å². The summed E-state index contributed by atoms with van der Waals surface area (Å²) in [6.45, 7) is 0.743. The Balaban J connectivity index is 1.63. The van der Waals surface area contributed by atoms with Crippen molar-refractivity contribution in [3.8, 4) is 0 Å². The molecule has 1 N–H and O–H groups in total. The fourth-order valence-corrected chi connectivity index (χ4v) is 2.61. The molecular formula is C21H24N4O2+. The maximum Gasteiger partial charge on any atom is 0.527 e. The Labute approximate surface area is 159 Å². The van der Waals surface area contributed by atoms with Crippen molar-refractivity contribution in [3.05, 3.63) is 78.7 Å². The maximum atomic E-state index is 12.6. The Morgan fingerprint density at radius 3 is 2.78 bits per heavy atom. The molecule has 1 amide bonds. The van der Waals surface area contributed by atoms with Gasteiger partial charge in [-0.1, -0.05) is 36.4 Å². The second kappa shape index (κ2) is 8.60. The van der Waals surface area contributed by atoms with Crippen LogP contribution in [0.25, 0.3) is 0 Å². The number of ether oxygens (including phenoxy) is 1. The van der Waals surface area contributed by atoms with Gasteiger partial charge in [0.25, 0.3) is 0 Å². The van der Waals surface area contributed by atoms with E-state index in [2.05, 4.69) is 27.4 Å². The van der Waals surface area contributed by atoms with Crippen molar-refractivity contribution < 1.29 is 9.53 Å². The summed E-state index contributed by atoms with van der Waals surface area (Å²) < 4.78 is 5.36. The normalized spacial score (nSPS) is 13.8.